The van der Waals surface area contributed by atoms with E-state index in [1.54, 1.807) is 0 Å². The summed E-state index contributed by atoms with van der Waals surface area (Å²) in [5.41, 5.74) is 5.89. The second-order valence-corrected chi connectivity index (χ2v) is 3.90. The molecule has 0 saturated carbocycles. The van der Waals surface area contributed by atoms with Gasteiger partial charge in [0.25, 0.3) is 6.43 Å². The normalized spacial score (nSPS) is 10.4. The molecule has 15 heavy (non-hydrogen) atoms. The fourth-order valence-electron chi connectivity index (χ4n) is 1.26. The summed E-state index contributed by atoms with van der Waals surface area (Å²) in [5, 5.41) is 8.55. The molecular weight excluding hydrogens is 315 g/mol. The zero-order valence-electron chi connectivity index (χ0n) is 7.67. The minimum atomic E-state index is -2.60. The SMILES string of the molecule is N#CCc1c(C(F)F)cc(I)nc1CN. The Morgan fingerprint density at radius 3 is 2.73 bits per heavy atom. The number of aromatic nitrogens is 1. The van der Waals surface area contributed by atoms with E-state index < -0.39 is 6.43 Å². The molecule has 0 saturated heterocycles. The molecule has 0 fully saturated rings. The first kappa shape index (κ1) is 12.3. The molecule has 1 heterocycles. The van der Waals surface area contributed by atoms with E-state index in [2.05, 4.69) is 4.98 Å². The molecule has 0 aromatic carbocycles. The lowest BCUT2D eigenvalue weighted by Crippen LogP contribution is -2.09. The standard InChI is InChI=1S/C9H8F2IN3/c10-9(11)6-3-8(12)15-7(4-14)5(6)1-2-13/h3,9H,1,4,14H2. The zero-order chi connectivity index (χ0) is 11.4. The van der Waals surface area contributed by atoms with Crippen molar-refractivity contribution < 1.29 is 8.78 Å². The van der Waals surface area contributed by atoms with E-state index in [1.807, 2.05) is 28.7 Å². The number of nitrogens with two attached hydrogens (primary N) is 1. The molecule has 0 aliphatic rings. The van der Waals surface area contributed by atoms with E-state index in [9.17, 15) is 8.78 Å². The van der Waals surface area contributed by atoms with Crippen LogP contribution in [0.1, 0.15) is 23.2 Å². The summed E-state index contributed by atoms with van der Waals surface area (Å²) in [6, 6.07) is 3.13. The summed E-state index contributed by atoms with van der Waals surface area (Å²) in [4.78, 5) is 4.03. The number of alkyl halides is 2. The third kappa shape index (κ3) is 2.82. The minimum Gasteiger partial charge on any atom is -0.325 e. The van der Waals surface area contributed by atoms with Crippen LogP contribution >= 0.6 is 22.6 Å². The molecule has 3 nitrogen and oxygen atoms in total. The van der Waals surface area contributed by atoms with E-state index in [0.29, 0.717) is 9.39 Å². The topological polar surface area (TPSA) is 62.7 Å². The number of nitrogens with zero attached hydrogens (tertiary/aromatic N) is 2. The van der Waals surface area contributed by atoms with Gasteiger partial charge in [0.2, 0.25) is 0 Å². The van der Waals surface area contributed by atoms with Gasteiger partial charge in [0, 0.05) is 12.1 Å². The van der Waals surface area contributed by atoms with Crippen molar-refractivity contribution in [3.05, 3.63) is 26.6 Å². The van der Waals surface area contributed by atoms with Crippen LogP contribution in [0.4, 0.5) is 8.78 Å². The van der Waals surface area contributed by atoms with Crippen LogP contribution in [0.15, 0.2) is 6.07 Å². The van der Waals surface area contributed by atoms with E-state index >= 15 is 0 Å². The maximum absolute atomic E-state index is 12.7. The smallest absolute Gasteiger partial charge is 0.264 e. The number of rotatable bonds is 3. The summed E-state index contributed by atoms with van der Waals surface area (Å²) in [5.74, 6) is 0. The fourth-order valence-corrected chi connectivity index (χ4v) is 1.88. The van der Waals surface area contributed by atoms with Crippen molar-refractivity contribution in [3.8, 4) is 6.07 Å². The van der Waals surface area contributed by atoms with Gasteiger partial charge in [0.05, 0.1) is 18.2 Å². The molecule has 2 N–H and O–H groups in total. The lowest BCUT2D eigenvalue weighted by Gasteiger charge is -2.10. The molecule has 0 aliphatic carbocycles. The van der Waals surface area contributed by atoms with Crippen molar-refractivity contribution >= 4 is 22.6 Å². The number of halogens is 3. The van der Waals surface area contributed by atoms with E-state index in [0.717, 1.165) is 0 Å². The monoisotopic (exact) mass is 323 g/mol. The molecular formula is C9H8F2IN3. The summed E-state index contributed by atoms with van der Waals surface area (Å²) >= 11 is 1.85. The summed E-state index contributed by atoms with van der Waals surface area (Å²) in [6.45, 7) is 0.0631. The lowest BCUT2D eigenvalue weighted by atomic mass is 10.0. The third-order valence-electron chi connectivity index (χ3n) is 1.90. The highest BCUT2D eigenvalue weighted by Crippen LogP contribution is 2.26. The van der Waals surface area contributed by atoms with Gasteiger partial charge in [-0.1, -0.05) is 0 Å². The van der Waals surface area contributed by atoms with Crippen molar-refractivity contribution in [1.82, 2.24) is 4.98 Å². The first-order valence-corrected chi connectivity index (χ1v) is 5.21. The van der Waals surface area contributed by atoms with Crippen LogP contribution in [0, 0.1) is 15.0 Å². The largest absolute Gasteiger partial charge is 0.325 e. The van der Waals surface area contributed by atoms with Crippen molar-refractivity contribution in [3.63, 3.8) is 0 Å². The van der Waals surface area contributed by atoms with Crippen molar-refractivity contribution in [1.29, 1.82) is 5.26 Å². The predicted octanol–water partition coefficient (Wildman–Crippen LogP) is 2.15. The summed E-state index contributed by atoms with van der Waals surface area (Å²) in [7, 11) is 0. The molecule has 1 aromatic rings. The maximum atomic E-state index is 12.7. The van der Waals surface area contributed by atoms with Crippen LogP contribution < -0.4 is 5.73 Å². The van der Waals surface area contributed by atoms with Gasteiger partial charge in [-0.05, 0) is 34.2 Å². The van der Waals surface area contributed by atoms with Crippen molar-refractivity contribution in [2.45, 2.75) is 19.4 Å². The van der Waals surface area contributed by atoms with Gasteiger partial charge in [-0.3, -0.25) is 0 Å². The molecule has 0 radical (unpaired) electrons. The zero-order valence-corrected chi connectivity index (χ0v) is 9.83. The van der Waals surface area contributed by atoms with Crippen LogP contribution in [-0.2, 0) is 13.0 Å². The molecule has 0 spiro atoms. The number of hydrogen-bond acceptors (Lipinski definition) is 3. The van der Waals surface area contributed by atoms with Crippen LogP contribution in [0.5, 0.6) is 0 Å². The number of pyridine rings is 1. The van der Waals surface area contributed by atoms with E-state index in [4.69, 9.17) is 11.0 Å². The van der Waals surface area contributed by atoms with Crippen LogP contribution in [0.25, 0.3) is 0 Å². The molecule has 0 aliphatic heterocycles. The Hall–Kier alpha value is -0.810. The van der Waals surface area contributed by atoms with Gasteiger partial charge >= 0.3 is 0 Å². The first-order chi connectivity index (χ1) is 7.10. The first-order valence-electron chi connectivity index (χ1n) is 4.13. The second-order valence-electron chi connectivity index (χ2n) is 2.80. The Kier molecular flexibility index (Phi) is 4.35. The molecule has 80 valence electrons. The number of nitriles is 1. The Morgan fingerprint density at radius 2 is 2.27 bits per heavy atom. The highest BCUT2D eigenvalue weighted by atomic mass is 127. The van der Waals surface area contributed by atoms with Gasteiger partial charge in [-0.25, -0.2) is 13.8 Å². The third-order valence-corrected chi connectivity index (χ3v) is 2.45. The second kappa shape index (κ2) is 5.32. The van der Waals surface area contributed by atoms with Crippen LogP contribution in [-0.4, -0.2) is 4.98 Å². The van der Waals surface area contributed by atoms with Gasteiger partial charge in [0.1, 0.15) is 3.70 Å². The predicted molar refractivity (Wildman–Crippen MR) is 59.1 cm³/mol. The molecule has 0 amide bonds. The quantitative estimate of drug-likeness (QED) is 0.685. The van der Waals surface area contributed by atoms with Gasteiger partial charge in [0.15, 0.2) is 0 Å². The van der Waals surface area contributed by atoms with Gasteiger partial charge in [-0.2, -0.15) is 5.26 Å². The van der Waals surface area contributed by atoms with Crippen LogP contribution in [0.2, 0.25) is 0 Å². The van der Waals surface area contributed by atoms with Gasteiger partial charge in [-0.15, -0.1) is 0 Å². The van der Waals surface area contributed by atoms with Crippen LogP contribution in [0.3, 0.4) is 0 Å². The summed E-state index contributed by atoms with van der Waals surface area (Å²) < 4.78 is 25.8. The highest BCUT2D eigenvalue weighted by molar-refractivity contribution is 14.1. The lowest BCUT2D eigenvalue weighted by molar-refractivity contribution is 0.150. The van der Waals surface area contributed by atoms with E-state index in [-0.39, 0.29) is 24.1 Å². The van der Waals surface area contributed by atoms with Gasteiger partial charge < -0.3 is 5.73 Å². The summed E-state index contributed by atoms with van der Waals surface area (Å²) in [6.07, 6.45) is -2.69. The van der Waals surface area contributed by atoms with E-state index in [1.165, 1.54) is 6.07 Å². The van der Waals surface area contributed by atoms with Crippen molar-refractivity contribution in [2.24, 2.45) is 5.73 Å². The molecule has 1 rings (SSSR count). The maximum Gasteiger partial charge on any atom is 0.264 e. The fraction of sp³-hybridized carbons (Fsp3) is 0.333. The molecule has 0 bridgehead atoms. The Balaban J connectivity index is 3.34. The number of hydrogen-bond donors (Lipinski definition) is 1. The van der Waals surface area contributed by atoms with Crippen molar-refractivity contribution in [2.75, 3.05) is 0 Å². The average molecular weight is 323 g/mol. The highest BCUT2D eigenvalue weighted by Gasteiger charge is 2.17. The Bertz CT molecular complexity index is 401. The minimum absolute atomic E-state index is 0.0631. The molecule has 1 aromatic heterocycles. The molecule has 0 atom stereocenters. The Morgan fingerprint density at radius 1 is 1.60 bits per heavy atom. The molecule has 6 heteroatoms. The molecule has 0 unspecified atom stereocenters. The Labute approximate surface area is 99.4 Å². The average Bonchev–Trinajstić information content (AvgIpc) is 2.19.